The van der Waals surface area contributed by atoms with Crippen molar-refractivity contribution in [2.24, 2.45) is 0 Å². The van der Waals surface area contributed by atoms with E-state index >= 15 is 0 Å². The van der Waals surface area contributed by atoms with Crippen molar-refractivity contribution in [1.82, 2.24) is 5.32 Å². The molecule has 1 aliphatic rings. The summed E-state index contributed by atoms with van der Waals surface area (Å²) in [5.41, 5.74) is 0.262. The van der Waals surface area contributed by atoms with E-state index in [1.54, 1.807) is 0 Å². The van der Waals surface area contributed by atoms with Gasteiger partial charge in [-0.3, -0.25) is 0 Å². The molecule has 1 N–H and O–H groups in total. The highest BCUT2D eigenvalue weighted by atomic mass is 19.1. The number of benzene rings is 1. The number of rotatable bonds is 1. The van der Waals surface area contributed by atoms with Crippen molar-refractivity contribution >= 4 is 0 Å². The molecule has 1 aromatic carbocycles. The number of nitrogens with one attached hydrogen (secondary N) is 1. The second-order valence-electron chi connectivity index (χ2n) is 4.76. The summed E-state index contributed by atoms with van der Waals surface area (Å²) in [4.78, 5) is 0. The number of ether oxygens (including phenoxy) is 1. The van der Waals surface area contributed by atoms with Gasteiger partial charge in [0, 0.05) is 17.2 Å². The lowest BCUT2D eigenvalue weighted by Crippen LogP contribution is -2.51. The van der Waals surface area contributed by atoms with Crippen LogP contribution < -0.4 is 5.32 Å². The lowest BCUT2D eigenvalue weighted by atomic mass is 9.98. The van der Waals surface area contributed by atoms with Gasteiger partial charge in [0.1, 0.15) is 11.6 Å². The van der Waals surface area contributed by atoms with E-state index in [4.69, 9.17) is 4.74 Å². The minimum absolute atomic E-state index is 0.191. The van der Waals surface area contributed by atoms with E-state index in [-0.39, 0.29) is 11.6 Å². The summed E-state index contributed by atoms with van der Waals surface area (Å²) in [6.45, 7) is 4.97. The molecule has 2 nitrogen and oxygen atoms in total. The van der Waals surface area contributed by atoms with Crippen LogP contribution in [0.5, 0.6) is 0 Å². The van der Waals surface area contributed by atoms with Crippen molar-refractivity contribution < 1.29 is 13.5 Å². The predicted octanol–water partition coefficient (Wildman–Crippen LogP) is 2.40. The van der Waals surface area contributed by atoms with Crippen molar-refractivity contribution in [2.45, 2.75) is 25.4 Å². The molecule has 1 unspecified atom stereocenters. The van der Waals surface area contributed by atoms with Crippen molar-refractivity contribution in [3.8, 4) is 0 Å². The van der Waals surface area contributed by atoms with Crippen molar-refractivity contribution in [1.29, 1.82) is 0 Å². The average Bonchev–Trinajstić information content (AvgIpc) is 2.15. The SMILES string of the molecule is CC1(C)COCC(c2ccc(F)cc2F)N1. The monoisotopic (exact) mass is 227 g/mol. The first-order valence-corrected chi connectivity index (χ1v) is 5.28. The van der Waals surface area contributed by atoms with Crippen molar-refractivity contribution in [3.63, 3.8) is 0 Å². The topological polar surface area (TPSA) is 21.3 Å². The molecule has 1 saturated heterocycles. The van der Waals surface area contributed by atoms with Crippen molar-refractivity contribution in [2.75, 3.05) is 13.2 Å². The normalized spacial score (nSPS) is 24.4. The third kappa shape index (κ3) is 2.39. The summed E-state index contributed by atoms with van der Waals surface area (Å²) in [6, 6.07) is 3.41. The molecule has 0 saturated carbocycles. The molecule has 1 aromatic rings. The molecule has 0 spiro atoms. The van der Waals surface area contributed by atoms with Crippen LogP contribution in [0.2, 0.25) is 0 Å². The molecule has 1 heterocycles. The van der Waals surface area contributed by atoms with E-state index in [2.05, 4.69) is 5.32 Å². The van der Waals surface area contributed by atoms with Crippen molar-refractivity contribution in [3.05, 3.63) is 35.4 Å². The highest BCUT2D eigenvalue weighted by molar-refractivity contribution is 5.23. The number of hydrogen-bond donors (Lipinski definition) is 1. The highest BCUT2D eigenvalue weighted by Crippen LogP contribution is 2.24. The third-order valence-corrected chi connectivity index (χ3v) is 2.65. The van der Waals surface area contributed by atoms with Crippen LogP contribution in [0.3, 0.4) is 0 Å². The van der Waals surface area contributed by atoms with E-state index in [1.165, 1.54) is 12.1 Å². The molecule has 16 heavy (non-hydrogen) atoms. The van der Waals surface area contributed by atoms with Gasteiger partial charge in [0.15, 0.2) is 0 Å². The average molecular weight is 227 g/mol. The summed E-state index contributed by atoms with van der Waals surface area (Å²) in [5.74, 6) is -1.09. The van der Waals surface area contributed by atoms with Gasteiger partial charge >= 0.3 is 0 Å². The second kappa shape index (κ2) is 4.11. The quantitative estimate of drug-likeness (QED) is 0.795. The third-order valence-electron chi connectivity index (χ3n) is 2.65. The molecule has 1 fully saturated rings. The molecular weight excluding hydrogens is 212 g/mol. The Bertz CT molecular complexity index is 393. The maximum Gasteiger partial charge on any atom is 0.130 e. The van der Waals surface area contributed by atoms with Gasteiger partial charge in [-0.1, -0.05) is 6.07 Å². The first kappa shape index (κ1) is 11.5. The molecule has 2 rings (SSSR count). The summed E-state index contributed by atoms with van der Waals surface area (Å²) >= 11 is 0. The van der Waals surface area contributed by atoms with Crippen LogP contribution in [0.15, 0.2) is 18.2 Å². The highest BCUT2D eigenvalue weighted by Gasteiger charge is 2.29. The molecule has 1 atom stereocenters. The minimum Gasteiger partial charge on any atom is -0.378 e. The van der Waals surface area contributed by atoms with Crippen LogP contribution in [-0.2, 0) is 4.74 Å². The Morgan fingerprint density at radius 3 is 2.75 bits per heavy atom. The van der Waals surface area contributed by atoms with Gasteiger partial charge in [-0.2, -0.15) is 0 Å². The van der Waals surface area contributed by atoms with Crippen LogP contribution in [0, 0.1) is 11.6 Å². The Hall–Kier alpha value is -1.00. The Morgan fingerprint density at radius 2 is 2.12 bits per heavy atom. The Labute approximate surface area is 93.6 Å². The van der Waals surface area contributed by atoms with Gasteiger partial charge in [0.2, 0.25) is 0 Å². The largest absolute Gasteiger partial charge is 0.378 e. The molecule has 0 aliphatic carbocycles. The minimum atomic E-state index is -0.558. The van der Waals surface area contributed by atoms with Gasteiger partial charge in [0.25, 0.3) is 0 Å². The number of morpholine rings is 1. The Kier molecular flexibility index (Phi) is 2.95. The van der Waals surface area contributed by atoms with Crippen LogP contribution in [0.4, 0.5) is 8.78 Å². The van der Waals surface area contributed by atoms with E-state index in [9.17, 15) is 8.78 Å². The lowest BCUT2D eigenvalue weighted by Gasteiger charge is -2.37. The number of hydrogen-bond acceptors (Lipinski definition) is 2. The second-order valence-corrected chi connectivity index (χ2v) is 4.76. The van der Waals surface area contributed by atoms with Gasteiger partial charge in [0.05, 0.1) is 19.3 Å². The van der Waals surface area contributed by atoms with E-state index in [0.717, 1.165) is 6.07 Å². The fraction of sp³-hybridized carbons (Fsp3) is 0.500. The van der Waals surface area contributed by atoms with Crippen LogP contribution in [-0.4, -0.2) is 18.8 Å². The van der Waals surface area contributed by atoms with Gasteiger partial charge in [-0.05, 0) is 19.9 Å². The van der Waals surface area contributed by atoms with E-state index in [1.807, 2.05) is 13.8 Å². The molecule has 4 heteroatoms. The summed E-state index contributed by atoms with van der Waals surface area (Å²) < 4.78 is 31.7. The zero-order chi connectivity index (χ0) is 11.8. The Balaban J connectivity index is 2.23. The Morgan fingerprint density at radius 1 is 1.38 bits per heavy atom. The van der Waals surface area contributed by atoms with Crippen LogP contribution >= 0.6 is 0 Å². The van der Waals surface area contributed by atoms with Crippen LogP contribution in [0.1, 0.15) is 25.5 Å². The smallest absolute Gasteiger partial charge is 0.130 e. The van der Waals surface area contributed by atoms with Crippen LogP contribution in [0.25, 0.3) is 0 Å². The van der Waals surface area contributed by atoms with E-state index < -0.39 is 11.6 Å². The number of halogens is 2. The zero-order valence-corrected chi connectivity index (χ0v) is 9.39. The molecule has 0 radical (unpaired) electrons. The maximum atomic E-state index is 13.6. The zero-order valence-electron chi connectivity index (χ0n) is 9.39. The summed E-state index contributed by atoms with van der Waals surface area (Å²) in [6.07, 6.45) is 0. The van der Waals surface area contributed by atoms with Gasteiger partial charge in [-0.25, -0.2) is 8.78 Å². The molecule has 0 aromatic heterocycles. The first-order chi connectivity index (χ1) is 7.48. The first-order valence-electron chi connectivity index (χ1n) is 5.28. The summed E-state index contributed by atoms with van der Waals surface area (Å²) in [7, 11) is 0. The van der Waals surface area contributed by atoms with Gasteiger partial charge in [-0.15, -0.1) is 0 Å². The molecule has 88 valence electrons. The molecular formula is C12H15F2NO. The van der Waals surface area contributed by atoms with Gasteiger partial charge < -0.3 is 10.1 Å². The summed E-state index contributed by atoms with van der Waals surface area (Å²) in [5, 5.41) is 3.28. The van der Waals surface area contributed by atoms with E-state index in [0.29, 0.717) is 18.8 Å². The maximum absolute atomic E-state index is 13.6. The fourth-order valence-electron chi connectivity index (χ4n) is 1.94. The molecule has 0 amide bonds. The standard InChI is InChI=1S/C12H15F2NO/c1-12(2)7-16-6-11(15-12)9-4-3-8(13)5-10(9)14/h3-5,11,15H,6-7H2,1-2H3. The molecule has 0 bridgehead atoms. The lowest BCUT2D eigenvalue weighted by molar-refractivity contribution is 0.0118. The molecule has 1 aliphatic heterocycles. The fourth-order valence-corrected chi connectivity index (χ4v) is 1.94. The predicted molar refractivity (Wildman–Crippen MR) is 57.1 cm³/mol.